The predicted octanol–water partition coefficient (Wildman–Crippen LogP) is 2.41. The minimum absolute atomic E-state index is 0.0210. The van der Waals surface area contributed by atoms with E-state index in [1.807, 2.05) is 6.92 Å². The van der Waals surface area contributed by atoms with Crippen molar-refractivity contribution in [3.63, 3.8) is 0 Å². The molecule has 0 saturated heterocycles. The van der Waals surface area contributed by atoms with E-state index in [0.717, 1.165) is 33.6 Å². The number of aromatic nitrogens is 1. The molecule has 4 rings (SSSR count). The number of aromatic hydroxyl groups is 1. The van der Waals surface area contributed by atoms with Crippen molar-refractivity contribution in [3.8, 4) is 11.6 Å². The van der Waals surface area contributed by atoms with E-state index in [2.05, 4.69) is 4.99 Å². The molecule has 2 heterocycles. The number of nitrogens with one attached hydrogen (secondary N) is 1. The van der Waals surface area contributed by atoms with Crippen molar-refractivity contribution in [2.75, 3.05) is 0 Å². The number of nitrogens with zero attached hydrogens (tertiary/aromatic N) is 2. The highest BCUT2D eigenvalue weighted by atomic mass is 32.1. The first-order chi connectivity index (χ1) is 13.2. The van der Waals surface area contributed by atoms with E-state index >= 15 is 0 Å². The zero-order chi connectivity index (χ0) is 20.2. The molecule has 28 heavy (non-hydrogen) atoms. The van der Waals surface area contributed by atoms with Gasteiger partial charge in [-0.1, -0.05) is 29.0 Å². The summed E-state index contributed by atoms with van der Waals surface area (Å²) in [6, 6.07) is 9.53. The molecule has 1 aliphatic rings. The fourth-order valence-corrected chi connectivity index (χ4v) is 4.02. The molecule has 0 bridgehead atoms. The number of hydrogen-bond donors (Lipinski definition) is 2. The Balaban J connectivity index is 1.96. The van der Waals surface area contributed by atoms with Gasteiger partial charge in [0.25, 0.3) is 5.91 Å². The second kappa shape index (κ2) is 6.16. The largest absolute Gasteiger partial charge is 0.493 e. The number of alkyl halides is 3. The van der Waals surface area contributed by atoms with Gasteiger partial charge in [0.2, 0.25) is 5.88 Å². The second-order valence-electron chi connectivity index (χ2n) is 6.26. The molecule has 2 N–H and O–H groups in total. The van der Waals surface area contributed by atoms with Crippen molar-refractivity contribution >= 4 is 22.8 Å². The van der Waals surface area contributed by atoms with Crippen molar-refractivity contribution in [3.05, 3.63) is 73.8 Å². The molecule has 0 fully saturated rings. The monoisotopic (exact) mass is 403 g/mol. The van der Waals surface area contributed by atoms with Crippen LogP contribution in [0.2, 0.25) is 0 Å². The highest BCUT2D eigenvalue weighted by Crippen LogP contribution is 2.33. The molecular weight excluding hydrogens is 391 g/mol. The van der Waals surface area contributed by atoms with E-state index in [-0.39, 0.29) is 20.9 Å². The molecule has 0 atom stereocenters. The molecule has 1 aromatic heterocycles. The first-order valence-electron chi connectivity index (χ1n) is 8.08. The molecule has 0 aliphatic carbocycles. The fraction of sp³-hybridized carbons (Fsp3) is 0.105. The Labute approximate surface area is 159 Å². The van der Waals surface area contributed by atoms with Crippen LogP contribution in [0.3, 0.4) is 0 Å². The number of rotatable bonds is 2. The van der Waals surface area contributed by atoms with Crippen LogP contribution >= 0.6 is 11.3 Å². The van der Waals surface area contributed by atoms with Gasteiger partial charge < -0.3 is 5.11 Å². The molecule has 9 heteroatoms. The van der Waals surface area contributed by atoms with Gasteiger partial charge in [0.05, 0.1) is 22.2 Å². The van der Waals surface area contributed by atoms with Crippen LogP contribution in [0.25, 0.3) is 11.3 Å². The van der Waals surface area contributed by atoms with Gasteiger partial charge in [-0.05, 0) is 37.3 Å². The Morgan fingerprint density at radius 3 is 2.64 bits per heavy atom. The summed E-state index contributed by atoms with van der Waals surface area (Å²) in [7, 11) is 0. The molecule has 5 nitrogen and oxygen atoms in total. The molecule has 1 aliphatic heterocycles. The number of thiazole rings is 1. The molecule has 0 radical (unpaired) electrons. The van der Waals surface area contributed by atoms with E-state index in [9.17, 15) is 23.1 Å². The molecule has 0 saturated carbocycles. The highest BCUT2D eigenvalue weighted by molar-refractivity contribution is 7.11. The van der Waals surface area contributed by atoms with Crippen LogP contribution in [0.5, 0.6) is 5.88 Å². The maximum Gasteiger partial charge on any atom is 0.416 e. The molecule has 142 valence electrons. The summed E-state index contributed by atoms with van der Waals surface area (Å²) in [4.78, 5) is 16.2. The van der Waals surface area contributed by atoms with Crippen LogP contribution in [0, 0.1) is 12.3 Å². The second-order valence-corrected chi connectivity index (χ2v) is 7.26. The normalized spacial score (nSPS) is 13.6. The third-order valence-corrected chi connectivity index (χ3v) is 5.30. The van der Waals surface area contributed by atoms with Gasteiger partial charge in [0.1, 0.15) is 4.88 Å². The van der Waals surface area contributed by atoms with Crippen molar-refractivity contribution in [1.29, 1.82) is 5.41 Å². The molecule has 2 aromatic carbocycles. The van der Waals surface area contributed by atoms with E-state index in [0.29, 0.717) is 10.6 Å². The number of hydrogen-bond acceptors (Lipinski definition) is 4. The Kier molecular flexibility index (Phi) is 4.00. The fourth-order valence-electron chi connectivity index (χ4n) is 3.06. The van der Waals surface area contributed by atoms with Crippen LogP contribution in [-0.2, 0) is 11.0 Å². The third-order valence-electron chi connectivity index (χ3n) is 4.33. The number of amides is 1. The average molecular weight is 403 g/mol. The SMILES string of the molecule is Cc1ccc2c(c1)=C(c1sc(=N)n(-c3cccc(C(F)(F)F)c3)c1O)C(=O)N=2. The summed E-state index contributed by atoms with van der Waals surface area (Å²) in [5, 5.41) is 19.8. The Morgan fingerprint density at radius 1 is 1.18 bits per heavy atom. The van der Waals surface area contributed by atoms with Crippen molar-refractivity contribution in [2.24, 2.45) is 4.99 Å². The minimum atomic E-state index is -4.56. The first-order valence-corrected chi connectivity index (χ1v) is 8.90. The predicted molar refractivity (Wildman–Crippen MR) is 95.6 cm³/mol. The van der Waals surface area contributed by atoms with Crippen molar-refractivity contribution < 1.29 is 23.1 Å². The average Bonchev–Trinajstić information content (AvgIpc) is 3.09. The van der Waals surface area contributed by atoms with Crippen LogP contribution < -0.4 is 15.4 Å². The minimum Gasteiger partial charge on any atom is -0.493 e. The quantitative estimate of drug-likeness (QED) is 0.689. The summed E-state index contributed by atoms with van der Waals surface area (Å²) < 4.78 is 40.0. The zero-order valence-electron chi connectivity index (χ0n) is 14.3. The summed E-state index contributed by atoms with van der Waals surface area (Å²) in [5.41, 5.74) is 0.103. The van der Waals surface area contributed by atoms with Crippen LogP contribution in [0.4, 0.5) is 13.2 Å². The molecule has 0 unspecified atom stereocenters. The van der Waals surface area contributed by atoms with Gasteiger partial charge in [0.15, 0.2) is 4.80 Å². The Hall–Kier alpha value is -3.20. The van der Waals surface area contributed by atoms with Gasteiger partial charge in [-0.25, -0.2) is 4.99 Å². The lowest BCUT2D eigenvalue weighted by molar-refractivity contribution is -0.137. The van der Waals surface area contributed by atoms with Crippen LogP contribution in [0.1, 0.15) is 16.0 Å². The van der Waals surface area contributed by atoms with E-state index in [1.165, 1.54) is 12.1 Å². The first kappa shape index (κ1) is 18.2. The standard InChI is InChI=1S/C19H12F3N3O2S/c1-9-5-6-13-12(7-9)14(16(26)24-13)15-17(27)25(18(23)28-15)11-4-2-3-10(8-11)19(20,21)22/h2-8,23,27H,1H3. The summed E-state index contributed by atoms with van der Waals surface area (Å²) in [6.07, 6.45) is -4.56. The number of carbonyl (C=O) groups is 1. The topological polar surface area (TPSA) is 78.4 Å². The van der Waals surface area contributed by atoms with Gasteiger partial charge in [0, 0.05) is 5.22 Å². The summed E-state index contributed by atoms with van der Waals surface area (Å²) >= 11 is 0.800. The number of fused-ring (bicyclic) bond motifs is 1. The van der Waals surface area contributed by atoms with Gasteiger partial charge in [-0.3, -0.25) is 14.8 Å². The number of carbonyl (C=O) groups excluding carboxylic acids is 1. The number of halogens is 3. The lowest BCUT2D eigenvalue weighted by Gasteiger charge is -2.10. The smallest absolute Gasteiger partial charge is 0.416 e. The molecule has 3 aromatic rings. The zero-order valence-corrected chi connectivity index (χ0v) is 15.1. The summed E-state index contributed by atoms with van der Waals surface area (Å²) in [6.45, 7) is 1.84. The maximum absolute atomic E-state index is 13.0. The van der Waals surface area contributed by atoms with Crippen LogP contribution in [0.15, 0.2) is 47.5 Å². The van der Waals surface area contributed by atoms with Crippen molar-refractivity contribution in [2.45, 2.75) is 13.1 Å². The lowest BCUT2D eigenvalue weighted by Crippen LogP contribution is -2.23. The van der Waals surface area contributed by atoms with Gasteiger partial charge in [-0.2, -0.15) is 13.2 Å². The van der Waals surface area contributed by atoms with Crippen molar-refractivity contribution in [1.82, 2.24) is 4.57 Å². The van der Waals surface area contributed by atoms with E-state index in [4.69, 9.17) is 5.41 Å². The summed E-state index contributed by atoms with van der Waals surface area (Å²) in [5.74, 6) is -1.03. The van der Waals surface area contributed by atoms with E-state index in [1.54, 1.807) is 18.2 Å². The Morgan fingerprint density at radius 2 is 1.93 bits per heavy atom. The number of aryl methyl sites for hydroxylation is 1. The lowest BCUT2D eigenvalue weighted by atomic mass is 10.1. The van der Waals surface area contributed by atoms with Crippen LogP contribution in [-0.4, -0.2) is 15.6 Å². The van der Waals surface area contributed by atoms with E-state index < -0.39 is 23.5 Å². The van der Waals surface area contributed by atoms with Gasteiger partial charge >= 0.3 is 6.18 Å². The maximum atomic E-state index is 13.0. The molecule has 0 spiro atoms. The van der Waals surface area contributed by atoms with Gasteiger partial charge in [-0.15, -0.1) is 0 Å². The third kappa shape index (κ3) is 2.84. The highest BCUT2D eigenvalue weighted by Gasteiger charge is 2.31. The molecule has 1 amide bonds. The Bertz CT molecular complexity index is 1320. The molecular formula is C19H12F3N3O2S. The number of benzene rings is 2.